The second kappa shape index (κ2) is 6.64. The van der Waals surface area contributed by atoms with Crippen molar-refractivity contribution in [1.82, 2.24) is 20.0 Å². The zero-order chi connectivity index (χ0) is 15.4. The van der Waals surface area contributed by atoms with E-state index in [1.165, 1.54) is 11.1 Å². The number of aryl methyl sites for hydroxylation is 1. The van der Waals surface area contributed by atoms with Gasteiger partial charge < -0.3 is 10.2 Å². The van der Waals surface area contributed by atoms with Crippen LogP contribution in [0.5, 0.6) is 0 Å². The summed E-state index contributed by atoms with van der Waals surface area (Å²) in [6.07, 6.45) is 2.89. The van der Waals surface area contributed by atoms with Crippen molar-refractivity contribution in [2.24, 2.45) is 12.0 Å². The standard InChI is InChI=1S/C17H23N5/c1-3-18-17(19-12-16-8-10-20-21(16)2)22-11-9-14-6-4-5-7-15(14)13-22/h4-8,10H,3,9,11-13H2,1-2H3,(H,18,19). The highest BCUT2D eigenvalue weighted by Crippen LogP contribution is 2.18. The topological polar surface area (TPSA) is 45.5 Å². The van der Waals surface area contributed by atoms with E-state index in [9.17, 15) is 0 Å². The summed E-state index contributed by atoms with van der Waals surface area (Å²) in [5, 5.41) is 7.61. The Bertz CT molecular complexity index is 659. The molecule has 1 aromatic heterocycles. The SMILES string of the molecule is CCNC(=NCc1ccnn1C)N1CCc2ccccc2C1. The van der Waals surface area contributed by atoms with Gasteiger partial charge in [-0.3, -0.25) is 4.68 Å². The molecule has 2 aromatic rings. The molecule has 0 fully saturated rings. The number of rotatable bonds is 3. The molecule has 3 rings (SSSR count). The number of fused-ring (bicyclic) bond motifs is 1. The predicted molar refractivity (Wildman–Crippen MR) is 88.6 cm³/mol. The van der Waals surface area contributed by atoms with E-state index in [2.05, 4.69) is 46.5 Å². The van der Waals surface area contributed by atoms with Crippen molar-refractivity contribution in [1.29, 1.82) is 0 Å². The molecule has 0 bridgehead atoms. The van der Waals surface area contributed by atoms with Crippen molar-refractivity contribution >= 4 is 5.96 Å². The van der Waals surface area contributed by atoms with Crippen LogP contribution in [-0.4, -0.2) is 33.7 Å². The number of guanidine groups is 1. The normalized spacial score (nSPS) is 14.8. The first-order chi connectivity index (χ1) is 10.8. The Hall–Kier alpha value is -2.30. The molecule has 22 heavy (non-hydrogen) atoms. The average Bonchev–Trinajstić information content (AvgIpc) is 2.96. The molecular formula is C17H23N5. The van der Waals surface area contributed by atoms with Gasteiger partial charge in [-0.15, -0.1) is 0 Å². The molecule has 1 aromatic carbocycles. The van der Waals surface area contributed by atoms with Gasteiger partial charge in [-0.1, -0.05) is 24.3 Å². The monoisotopic (exact) mass is 297 g/mol. The lowest BCUT2D eigenvalue weighted by atomic mass is 10.0. The van der Waals surface area contributed by atoms with Crippen molar-refractivity contribution in [3.8, 4) is 0 Å². The van der Waals surface area contributed by atoms with Crippen LogP contribution in [0.4, 0.5) is 0 Å². The van der Waals surface area contributed by atoms with Crippen molar-refractivity contribution < 1.29 is 0 Å². The van der Waals surface area contributed by atoms with E-state index < -0.39 is 0 Å². The van der Waals surface area contributed by atoms with Crippen LogP contribution >= 0.6 is 0 Å². The average molecular weight is 297 g/mol. The van der Waals surface area contributed by atoms with Crippen LogP contribution in [0.2, 0.25) is 0 Å². The van der Waals surface area contributed by atoms with Crippen LogP contribution in [0.15, 0.2) is 41.5 Å². The Kier molecular flexibility index (Phi) is 4.42. The minimum absolute atomic E-state index is 0.650. The van der Waals surface area contributed by atoms with Crippen molar-refractivity contribution in [2.75, 3.05) is 13.1 Å². The van der Waals surface area contributed by atoms with Gasteiger partial charge in [0.25, 0.3) is 0 Å². The molecule has 0 aliphatic carbocycles. The lowest BCUT2D eigenvalue weighted by Crippen LogP contribution is -2.44. The van der Waals surface area contributed by atoms with Gasteiger partial charge in [0.15, 0.2) is 5.96 Å². The van der Waals surface area contributed by atoms with Gasteiger partial charge >= 0.3 is 0 Å². The molecular weight excluding hydrogens is 274 g/mol. The Balaban J connectivity index is 1.75. The van der Waals surface area contributed by atoms with E-state index in [0.29, 0.717) is 6.54 Å². The van der Waals surface area contributed by atoms with Gasteiger partial charge in [0.1, 0.15) is 0 Å². The Morgan fingerprint density at radius 2 is 2.09 bits per heavy atom. The molecule has 0 spiro atoms. The van der Waals surface area contributed by atoms with E-state index in [0.717, 1.165) is 37.7 Å². The number of nitrogens with zero attached hydrogens (tertiary/aromatic N) is 4. The molecule has 0 saturated carbocycles. The van der Waals surface area contributed by atoms with E-state index in [-0.39, 0.29) is 0 Å². The first kappa shape index (κ1) is 14.6. The summed E-state index contributed by atoms with van der Waals surface area (Å²) < 4.78 is 1.87. The molecule has 5 heteroatoms. The first-order valence-electron chi connectivity index (χ1n) is 7.85. The highest BCUT2D eigenvalue weighted by atomic mass is 15.3. The van der Waals surface area contributed by atoms with Crippen LogP contribution in [-0.2, 0) is 26.6 Å². The summed E-state index contributed by atoms with van der Waals surface area (Å²) in [5.41, 5.74) is 3.98. The highest BCUT2D eigenvalue weighted by Gasteiger charge is 2.18. The maximum atomic E-state index is 4.78. The number of nitrogens with one attached hydrogen (secondary N) is 1. The maximum absolute atomic E-state index is 4.78. The van der Waals surface area contributed by atoms with Crippen LogP contribution in [0.1, 0.15) is 23.7 Å². The fourth-order valence-electron chi connectivity index (χ4n) is 2.81. The summed E-state index contributed by atoms with van der Waals surface area (Å²) in [7, 11) is 1.95. The van der Waals surface area contributed by atoms with Gasteiger partial charge in [0.2, 0.25) is 0 Å². The number of aliphatic imine (C=N–C) groups is 1. The van der Waals surface area contributed by atoms with Crippen LogP contribution in [0, 0.1) is 0 Å². The van der Waals surface area contributed by atoms with Gasteiger partial charge in [-0.05, 0) is 30.5 Å². The predicted octanol–water partition coefficient (Wildman–Crippen LogP) is 1.94. The van der Waals surface area contributed by atoms with Crippen molar-refractivity contribution in [3.05, 3.63) is 53.3 Å². The smallest absolute Gasteiger partial charge is 0.194 e. The molecule has 0 saturated heterocycles. The summed E-state index contributed by atoms with van der Waals surface area (Å²) in [5.74, 6) is 0.984. The molecule has 0 amide bonds. The molecule has 5 nitrogen and oxygen atoms in total. The van der Waals surface area contributed by atoms with Gasteiger partial charge in [0.05, 0.1) is 12.2 Å². The van der Waals surface area contributed by atoms with Gasteiger partial charge in [-0.25, -0.2) is 4.99 Å². The summed E-state index contributed by atoms with van der Waals surface area (Å²) in [6, 6.07) is 10.7. The maximum Gasteiger partial charge on any atom is 0.194 e. The number of hydrogen-bond donors (Lipinski definition) is 1. The minimum Gasteiger partial charge on any atom is -0.356 e. The highest BCUT2D eigenvalue weighted by molar-refractivity contribution is 5.80. The van der Waals surface area contributed by atoms with E-state index >= 15 is 0 Å². The van der Waals surface area contributed by atoms with Crippen LogP contribution < -0.4 is 5.32 Å². The van der Waals surface area contributed by atoms with Gasteiger partial charge in [0, 0.05) is 32.9 Å². The molecule has 1 N–H and O–H groups in total. The zero-order valence-electron chi connectivity index (χ0n) is 13.3. The van der Waals surface area contributed by atoms with Crippen LogP contribution in [0.25, 0.3) is 0 Å². The van der Waals surface area contributed by atoms with Crippen LogP contribution in [0.3, 0.4) is 0 Å². The number of aromatic nitrogens is 2. The fourth-order valence-corrected chi connectivity index (χ4v) is 2.81. The lowest BCUT2D eigenvalue weighted by Gasteiger charge is -2.31. The zero-order valence-corrected chi connectivity index (χ0v) is 13.3. The lowest BCUT2D eigenvalue weighted by molar-refractivity contribution is 0.378. The summed E-state index contributed by atoms with van der Waals surface area (Å²) >= 11 is 0. The molecule has 1 aliphatic rings. The van der Waals surface area contributed by atoms with Crippen molar-refractivity contribution in [2.45, 2.75) is 26.4 Å². The third kappa shape index (κ3) is 3.13. The molecule has 0 atom stereocenters. The number of hydrogen-bond acceptors (Lipinski definition) is 2. The molecule has 2 heterocycles. The van der Waals surface area contributed by atoms with Crippen molar-refractivity contribution in [3.63, 3.8) is 0 Å². The second-order valence-electron chi connectivity index (χ2n) is 5.56. The Labute approximate surface area is 131 Å². The quantitative estimate of drug-likeness (QED) is 0.696. The largest absolute Gasteiger partial charge is 0.356 e. The molecule has 0 radical (unpaired) electrons. The first-order valence-corrected chi connectivity index (χ1v) is 7.85. The fraction of sp³-hybridized carbons (Fsp3) is 0.412. The summed E-state index contributed by atoms with van der Waals surface area (Å²) in [4.78, 5) is 7.12. The van der Waals surface area contributed by atoms with E-state index in [1.807, 2.05) is 24.0 Å². The minimum atomic E-state index is 0.650. The molecule has 0 unspecified atom stereocenters. The third-order valence-electron chi connectivity index (χ3n) is 4.08. The van der Waals surface area contributed by atoms with Gasteiger partial charge in [-0.2, -0.15) is 5.10 Å². The Morgan fingerprint density at radius 1 is 1.27 bits per heavy atom. The number of benzene rings is 1. The molecule has 1 aliphatic heterocycles. The van der Waals surface area contributed by atoms with E-state index in [1.54, 1.807) is 0 Å². The summed E-state index contributed by atoms with van der Waals surface area (Å²) in [6.45, 7) is 5.57. The van der Waals surface area contributed by atoms with E-state index in [4.69, 9.17) is 4.99 Å². The second-order valence-corrected chi connectivity index (χ2v) is 5.56. The Morgan fingerprint density at radius 3 is 2.82 bits per heavy atom. The molecule has 116 valence electrons. The third-order valence-corrected chi connectivity index (χ3v) is 4.08.